The van der Waals surface area contributed by atoms with Crippen molar-refractivity contribution in [3.05, 3.63) is 51.5 Å². The number of carbonyl (C=O) groups excluding carboxylic acids is 1. The third-order valence-corrected chi connectivity index (χ3v) is 3.44. The number of aryl methyl sites for hydroxylation is 2. The number of aromatic hydroxyl groups is 1. The molecule has 2 rings (SSSR count). The average molecular weight is 301 g/mol. The summed E-state index contributed by atoms with van der Waals surface area (Å²) < 4.78 is 5.15. The van der Waals surface area contributed by atoms with Crippen LogP contribution in [0.4, 0.5) is 0 Å². The second kappa shape index (κ2) is 6.05. The van der Waals surface area contributed by atoms with Crippen molar-refractivity contribution in [1.29, 1.82) is 0 Å². The zero-order chi connectivity index (χ0) is 16.4. The van der Waals surface area contributed by atoms with Gasteiger partial charge in [0.15, 0.2) is 5.78 Å². The Balaban J connectivity index is 2.74. The second-order valence-electron chi connectivity index (χ2n) is 5.38. The molecule has 0 spiro atoms. The van der Waals surface area contributed by atoms with Crippen molar-refractivity contribution in [2.24, 2.45) is 0 Å². The smallest absolute Gasteiger partial charge is 0.336 e. The fourth-order valence-corrected chi connectivity index (χ4v) is 2.40. The van der Waals surface area contributed by atoms with E-state index >= 15 is 0 Å². The molecule has 5 heteroatoms. The van der Waals surface area contributed by atoms with Crippen LogP contribution in [0.15, 0.2) is 33.6 Å². The lowest BCUT2D eigenvalue weighted by atomic mass is 9.97. The van der Waals surface area contributed by atoms with Crippen LogP contribution in [0, 0.1) is 6.92 Å². The van der Waals surface area contributed by atoms with Crippen LogP contribution in [0.25, 0.3) is 11.0 Å². The lowest BCUT2D eigenvalue weighted by molar-refractivity contribution is 0.104. The number of phenols is 1. The summed E-state index contributed by atoms with van der Waals surface area (Å²) in [6, 6.07) is 2.97. The van der Waals surface area contributed by atoms with Crippen molar-refractivity contribution >= 4 is 16.8 Å². The maximum atomic E-state index is 12.3. The van der Waals surface area contributed by atoms with E-state index in [1.165, 1.54) is 12.1 Å². The predicted molar refractivity (Wildman–Crippen MR) is 85.4 cm³/mol. The molecule has 0 aliphatic heterocycles. The zero-order valence-electron chi connectivity index (χ0n) is 13.1. The molecule has 0 aliphatic rings. The highest BCUT2D eigenvalue weighted by Crippen LogP contribution is 2.34. The maximum absolute atomic E-state index is 12.3. The van der Waals surface area contributed by atoms with Crippen molar-refractivity contribution < 1.29 is 14.3 Å². The number of phenolic OH excluding ortho intramolecular Hbond substituents is 1. The van der Waals surface area contributed by atoms with E-state index in [1.807, 2.05) is 6.92 Å². The van der Waals surface area contributed by atoms with Crippen LogP contribution in [0.1, 0.15) is 28.4 Å². The molecule has 0 atom stereocenters. The number of nitrogens with zero attached hydrogens (tertiary/aromatic N) is 1. The van der Waals surface area contributed by atoms with E-state index in [4.69, 9.17) is 4.42 Å². The van der Waals surface area contributed by atoms with Crippen molar-refractivity contribution in [1.82, 2.24) is 4.90 Å². The molecule has 0 unspecified atom stereocenters. The third kappa shape index (κ3) is 2.88. The van der Waals surface area contributed by atoms with Crippen LogP contribution in [-0.2, 0) is 6.42 Å². The molecule has 2 aromatic rings. The summed E-state index contributed by atoms with van der Waals surface area (Å²) in [5.74, 6) is -0.428. The number of fused-ring (bicyclic) bond motifs is 1. The summed E-state index contributed by atoms with van der Waals surface area (Å²) >= 11 is 0. The minimum atomic E-state index is -0.463. The van der Waals surface area contributed by atoms with Crippen molar-refractivity contribution in [3.63, 3.8) is 0 Å². The van der Waals surface area contributed by atoms with Gasteiger partial charge in [-0.2, -0.15) is 0 Å². The molecule has 1 heterocycles. The van der Waals surface area contributed by atoms with Gasteiger partial charge in [-0.25, -0.2) is 4.79 Å². The quantitative estimate of drug-likeness (QED) is 0.534. The van der Waals surface area contributed by atoms with Gasteiger partial charge in [-0.15, -0.1) is 0 Å². The Bertz CT molecular complexity index is 815. The van der Waals surface area contributed by atoms with Crippen LogP contribution in [0.2, 0.25) is 0 Å². The van der Waals surface area contributed by atoms with Gasteiger partial charge in [-0.3, -0.25) is 4.79 Å². The molecular formula is C17H19NO4. The van der Waals surface area contributed by atoms with Crippen LogP contribution in [0.3, 0.4) is 0 Å². The van der Waals surface area contributed by atoms with Gasteiger partial charge < -0.3 is 14.4 Å². The first-order valence-electron chi connectivity index (χ1n) is 7.03. The number of hydrogen-bond donors (Lipinski definition) is 1. The Morgan fingerprint density at radius 3 is 2.64 bits per heavy atom. The van der Waals surface area contributed by atoms with E-state index < -0.39 is 5.63 Å². The van der Waals surface area contributed by atoms with Gasteiger partial charge in [0.2, 0.25) is 0 Å². The van der Waals surface area contributed by atoms with E-state index in [9.17, 15) is 14.7 Å². The summed E-state index contributed by atoms with van der Waals surface area (Å²) in [5.41, 5.74) is 1.29. The van der Waals surface area contributed by atoms with Gasteiger partial charge in [0.25, 0.3) is 0 Å². The summed E-state index contributed by atoms with van der Waals surface area (Å²) in [4.78, 5) is 25.6. The van der Waals surface area contributed by atoms with Gasteiger partial charge >= 0.3 is 5.63 Å². The fourth-order valence-electron chi connectivity index (χ4n) is 2.40. The van der Waals surface area contributed by atoms with Gasteiger partial charge in [0.05, 0.1) is 10.9 Å². The largest absolute Gasteiger partial charge is 0.506 e. The van der Waals surface area contributed by atoms with Crippen LogP contribution < -0.4 is 5.63 Å². The van der Waals surface area contributed by atoms with Crippen molar-refractivity contribution in [2.45, 2.75) is 20.3 Å². The first-order chi connectivity index (χ1) is 10.3. The van der Waals surface area contributed by atoms with E-state index in [2.05, 4.69) is 0 Å². The zero-order valence-corrected chi connectivity index (χ0v) is 13.1. The molecule has 116 valence electrons. The average Bonchev–Trinajstić information content (AvgIpc) is 2.43. The van der Waals surface area contributed by atoms with Crippen LogP contribution in [0.5, 0.6) is 5.75 Å². The van der Waals surface area contributed by atoms with Gasteiger partial charge in [0.1, 0.15) is 11.3 Å². The Hall–Kier alpha value is -2.56. The molecule has 0 fully saturated rings. The Morgan fingerprint density at radius 2 is 2.05 bits per heavy atom. The fraction of sp³-hybridized carbons (Fsp3) is 0.294. The molecule has 0 bridgehead atoms. The highest BCUT2D eigenvalue weighted by atomic mass is 16.4. The van der Waals surface area contributed by atoms with E-state index in [1.54, 1.807) is 38.2 Å². The summed E-state index contributed by atoms with van der Waals surface area (Å²) in [6.45, 7) is 3.58. The number of benzene rings is 1. The summed E-state index contributed by atoms with van der Waals surface area (Å²) in [5, 5.41) is 11.0. The minimum Gasteiger partial charge on any atom is -0.506 e. The number of allylic oxidation sites excluding steroid dienone is 1. The van der Waals surface area contributed by atoms with E-state index in [-0.39, 0.29) is 17.1 Å². The molecule has 0 saturated carbocycles. The SMILES string of the molecule is CCc1cc(=O)oc2cc(C)c(C(=O)C=CN(C)C)c(O)c12. The summed E-state index contributed by atoms with van der Waals surface area (Å²) in [7, 11) is 3.61. The van der Waals surface area contributed by atoms with E-state index in [0.29, 0.717) is 28.5 Å². The molecule has 0 amide bonds. The molecular weight excluding hydrogens is 282 g/mol. The molecule has 1 aromatic heterocycles. The number of carbonyl (C=O) groups is 1. The number of ketones is 1. The molecule has 0 aliphatic carbocycles. The number of rotatable bonds is 4. The normalized spacial score (nSPS) is 11.3. The highest BCUT2D eigenvalue weighted by Gasteiger charge is 2.19. The predicted octanol–water partition coefficient (Wildman–Crippen LogP) is 2.63. The number of hydrogen-bond acceptors (Lipinski definition) is 5. The molecule has 0 radical (unpaired) electrons. The molecule has 1 N–H and O–H groups in total. The maximum Gasteiger partial charge on any atom is 0.336 e. The topological polar surface area (TPSA) is 70.8 Å². The molecule has 1 aromatic carbocycles. The first kappa shape index (κ1) is 15.8. The van der Waals surface area contributed by atoms with Gasteiger partial charge in [-0.05, 0) is 30.5 Å². The van der Waals surface area contributed by atoms with Crippen molar-refractivity contribution in [2.75, 3.05) is 14.1 Å². The standard InChI is InChI=1S/C17H19NO4/c1-5-11-9-14(20)22-13-8-10(2)15(17(21)16(11)13)12(19)6-7-18(3)4/h6-9,21H,5H2,1-4H3. The van der Waals surface area contributed by atoms with Gasteiger partial charge in [-0.1, -0.05) is 6.92 Å². The highest BCUT2D eigenvalue weighted by molar-refractivity contribution is 6.11. The lowest BCUT2D eigenvalue weighted by Gasteiger charge is -2.11. The first-order valence-corrected chi connectivity index (χ1v) is 7.03. The third-order valence-electron chi connectivity index (χ3n) is 3.44. The second-order valence-corrected chi connectivity index (χ2v) is 5.38. The summed E-state index contributed by atoms with van der Waals surface area (Å²) in [6.07, 6.45) is 3.58. The van der Waals surface area contributed by atoms with Crippen LogP contribution in [-0.4, -0.2) is 29.9 Å². The Labute approximate surface area is 128 Å². The van der Waals surface area contributed by atoms with Crippen molar-refractivity contribution in [3.8, 4) is 5.75 Å². The Kier molecular flexibility index (Phi) is 4.35. The minimum absolute atomic E-state index is 0.135. The molecule has 0 saturated heterocycles. The molecule has 5 nitrogen and oxygen atoms in total. The monoisotopic (exact) mass is 301 g/mol. The lowest BCUT2D eigenvalue weighted by Crippen LogP contribution is -2.06. The van der Waals surface area contributed by atoms with E-state index in [0.717, 1.165) is 0 Å². The Morgan fingerprint density at radius 1 is 1.36 bits per heavy atom. The van der Waals surface area contributed by atoms with Gasteiger partial charge in [0, 0.05) is 32.4 Å². The molecule has 22 heavy (non-hydrogen) atoms. The van der Waals surface area contributed by atoms with Crippen LogP contribution >= 0.6 is 0 Å².